The zero-order valence-electron chi connectivity index (χ0n) is 14.1. The van der Waals surface area contributed by atoms with Gasteiger partial charge in [-0.1, -0.05) is 13.8 Å². The molecule has 24 heavy (non-hydrogen) atoms. The molecule has 2 aliphatic carbocycles. The average molecular weight is 343 g/mol. The second kappa shape index (κ2) is 5.62. The van der Waals surface area contributed by atoms with Crippen LogP contribution < -0.4 is 5.56 Å². The lowest BCUT2D eigenvalue weighted by Crippen LogP contribution is -2.30. The van der Waals surface area contributed by atoms with Crippen molar-refractivity contribution in [2.45, 2.75) is 58.8 Å². The summed E-state index contributed by atoms with van der Waals surface area (Å²) in [5, 5.41) is 5.22. The van der Waals surface area contributed by atoms with Gasteiger partial charge >= 0.3 is 0 Å². The summed E-state index contributed by atoms with van der Waals surface area (Å²) in [6.45, 7) is 4.14. The first kappa shape index (κ1) is 15.7. The molecule has 0 aliphatic heterocycles. The lowest BCUT2D eigenvalue weighted by atomic mass is 9.76. The van der Waals surface area contributed by atoms with Crippen LogP contribution in [0.3, 0.4) is 0 Å². The molecule has 4 rings (SSSR count). The van der Waals surface area contributed by atoms with E-state index in [0.717, 1.165) is 41.6 Å². The molecule has 0 radical (unpaired) electrons. The van der Waals surface area contributed by atoms with Crippen LogP contribution in [-0.4, -0.2) is 21.2 Å². The van der Waals surface area contributed by atoms with Crippen molar-refractivity contribution >= 4 is 33.0 Å². The summed E-state index contributed by atoms with van der Waals surface area (Å²) >= 11 is 1.64. The largest absolute Gasteiger partial charge is 0.299 e. The molecule has 0 N–H and O–H groups in total. The third-order valence-electron chi connectivity index (χ3n) is 4.87. The number of fused-ring (bicyclic) bond motifs is 3. The Labute approximate surface area is 144 Å². The molecule has 1 fully saturated rings. The van der Waals surface area contributed by atoms with Crippen molar-refractivity contribution in [1.29, 1.82) is 0 Å². The van der Waals surface area contributed by atoms with E-state index in [-0.39, 0.29) is 16.8 Å². The lowest BCUT2D eigenvalue weighted by Gasteiger charge is -2.29. The first-order valence-electron chi connectivity index (χ1n) is 8.53. The van der Waals surface area contributed by atoms with Gasteiger partial charge in [0.25, 0.3) is 5.56 Å². The molecule has 2 aliphatic rings. The average Bonchev–Trinajstić information content (AvgIpc) is 2.87. The van der Waals surface area contributed by atoms with Crippen molar-refractivity contribution in [2.24, 2.45) is 10.5 Å². The van der Waals surface area contributed by atoms with Gasteiger partial charge in [0.2, 0.25) is 0 Å². The van der Waals surface area contributed by atoms with Gasteiger partial charge in [-0.3, -0.25) is 9.59 Å². The number of Topliss-reactive ketones (excluding diaryl/α,β-unsaturated/α-hetero) is 1. The normalized spacial score (nSPS) is 22.1. The molecule has 0 amide bonds. The van der Waals surface area contributed by atoms with Crippen molar-refractivity contribution in [3.63, 3.8) is 0 Å². The highest BCUT2D eigenvalue weighted by atomic mass is 32.1. The van der Waals surface area contributed by atoms with Crippen LogP contribution in [0, 0.1) is 5.41 Å². The summed E-state index contributed by atoms with van der Waals surface area (Å²) in [7, 11) is 0. The van der Waals surface area contributed by atoms with E-state index in [4.69, 9.17) is 0 Å². The van der Waals surface area contributed by atoms with Crippen LogP contribution in [0.5, 0.6) is 0 Å². The fraction of sp³-hybridized carbons (Fsp3) is 0.556. The van der Waals surface area contributed by atoms with Crippen molar-refractivity contribution < 1.29 is 4.79 Å². The van der Waals surface area contributed by atoms with Gasteiger partial charge in [-0.15, -0.1) is 11.3 Å². The van der Waals surface area contributed by atoms with Crippen LogP contribution >= 0.6 is 11.3 Å². The maximum atomic E-state index is 12.9. The number of hydrogen-bond acceptors (Lipinski definition) is 5. The van der Waals surface area contributed by atoms with E-state index in [2.05, 4.69) is 23.9 Å². The SMILES string of the molecule is CC1(C)CC(=O)C/C(=N/n2cnc3sc4c(c3c2=O)CCCC4)C1. The van der Waals surface area contributed by atoms with Gasteiger partial charge in [-0.2, -0.15) is 9.78 Å². The Bertz CT molecular complexity index is 920. The molecule has 0 unspecified atom stereocenters. The minimum absolute atomic E-state index is 0.0865. The Morgan fingerprint density at radius 1 is 1.21 bits per heavy atom. The monoisotopic (exact) mass is 343 g/mol. The first-order chi connectivity index (χ1) is 11.4. The van der Waals surface area contributed by atoms with E-state index in [1.807, 2.05) is 0 Å². The van der Waals surface area contributed by atoms with E-state index in [0.29, 0.717) is 12.8 Å². The van der Waals surface area contributed by atoms with Crippen LogP contribution in [0.1, 0.15) is 56.4 Å². The van der Waals surface area contributed by atoms with Gasteiger partial charge in [-0.05, 0) is 43.1 Å². The highest BCUT2D eigenvalue weighted by Gasteiger charge is 2.30. The number of hydrogen-bond donors (Lipinski definition) is 0. The molecule has 0 saturated heterocycles. The molecule has 2 aromatic heterocycles. The molecule has 2 heterocycles. The van der Waals surface area contributed by atoms with Crippen molar-refractivity contribution in [3.8, 4) is 0 Å². The summed E-state index contributed by atoms with van der Waals surface area (Å²) in [5.74, 6) is 0.194. The van der Waals surface area contributed by atoms with E-state index in [1.54, 1.807) is 11.3 Å². The predicted molar refractivity (Wildman–Crippen MR) is 96.0 cm³/mol. The van der Waals surface area contributed by atoms with E-state index >= 15 is 0 Å². The lowest BCUT2D eigenvalue weighted by molar-refractivity contribution is -0.120. The second-order valence-corrected chi connectivity index (χ2v) is 8.77. The second-order valence-electron chi connectivity index (χ2n) is 7.68. The number of nitrogens with zero attached hydrogens (tertiary/aromatic N) is 3. The number of ketones is 1. The number of aromatic nitrogens is 2. The molecule has 0 bridgehead atoms. The number of carbonyl (C=O) groups is 1. The minimum Gasteiger partial charge on any atom is -0.299 e. The highest BCUT2D eigenvalue weighted by molar-refractivity contribution is 7.18. The van der Waals surface area contributed by atoms with Crippen LogP contribution in [0.25, 0.3) is 10.2 Å². The number of thiophene rings is 1. The Hall–Kier alpha value is -1.82. The van der Waals surface area contributed by atoms with E-state index < -0.39 is 0 Å². The molecule has 0 atom stereocenters. The fourth-order valence-corrected chi connectivity index (χ4v) is 5.15. The van der Waals surface area contributed by atoms with E-state index in [1.165, 1.54) is 27.9 Å². The van der Waals surface area contributed by atoms with Crippen molar-refractivity contribution in [3.05, 3.63) is 27.1 Å². The molecule has 1 saturated carbocycles. The fourth-order valence-electron chi connectivity index (χ4n) is 3.93. The molecular weight excluding hydrogens is 322 g/mol. The highest BCUT2D eigenvalue weighted by Crippen LogP contribution is 2.34. The number of carbonyl (C=O) groups excluding carboxylic acids is 1. The van der Waals surface area contributed by atoms with Gasteiger partial charge in [0.15, 0.2) is 0 Å². The first-order valence-corrected chi connectivity index (χ1v) is 9.35. The summed E-state index contributed by atoms with van der Waals surface area (Å²) in [6.07, 6.45) is 7.49. The van der Waals surface area contributed by atoms with E-state index in [9.17, 15) is 9.59 Å². The molecule has 0 aromatic carbocycles. The minimum atomic E-state index is -0.0947. The summed E-state index contributed by atoms with van der Waals surface area (Å²) in [4.78, 5) is 31.4. The summed E-state index contributed by atoms with van der Waals surface area (Å²) in [5.41, 5.74) is 1.77. The molecule has 0 spiro atoms. The third-order valence-corrected chi connectivity index (χ3v) is 6.07. The van der Waals surface area contributed by atoms with Crippen LogP contribution in [0.4, 0.5) is 0 Å². The quantitative estimate of drug-likeness (QED) is 0.798. The molecular formula is C18H21N3O2S. The number of aryl methyl sites for hydroxylation is 2. The van der Waals surface area contributed by atoms with Gasteiger partial charge in [0, 0.05) is 23.4 Å². The van der Waals surface area contributed by atoms with Gasteiger partial charge in [-0.25, -0.2) is 4.98 Å². The summed E-state index contributed by atoms with van der Waals surface area (Å²) in [6, 6.07) is 0. The van der Waals surface area contributed by atoms with Gasteiger partial charge in [0.05, 0.1) is 5.39 Å². The zero-order valence-corrected chi connectivity index (χ0v) is 14.9. The van der Waals surface area contributed by atoms with Crippen LogP contribution in [0.15, 0.2) is 16.2 Å². The Kier molecular flexibility index (Phi) is 3.67. The Morgan fingerprint density at radius 2 is 2.00 bits per heavy atom. The predicted octanol–water partition coefficient (Wildman–Crippen LogP) is 3.32. The van der Waals surface area contributed by atoms with Gasteiger partial charge < -0.3 is 0 Å². The maximum Gasteiger partial charge on any atom is 0.282 e. The Morgan fingerprint density at radius 3 is 2.79 bits per heavy atom. The smallest absolute Gasteiger partial charge is 0.282 e. The number of rotatable bonds is 1. The zero-order chi connectivity index (χ0) is 16.9. The van der Waals surface area contributed by atoms with Crippen molar-refractivity contribution in [2.75, 3.05) is 0 Å². The molecule has 126 valence electrons. The molecule has 5 nitrogen and oxygen atoms in total. The topological polar surface area (TPSA) is 64.3 Å². The molecule has 6 heteroatoms. The molecule has 2 aromatic rings. The van der Waals surface area contributed by atoms with Crippen molar-refractivity contribution in [1.82, 2.24) is 9.66 Å². The Balaban J connectivity index is 1.80. The van der Waals surface area contributed by atoms with Gasteiger partial charge in [0.1, 0.15) is 16.9 Å². The van der Waals surface area contributed by atoms with Crippen LogP contribution in [-0.2, 0) is 17.6 Å². The standard InChI is InChI=1S/C18H21N3O2S/c1-18(2)8-11(7-12(22)9-18)20-21-10-19-16-15(17(21)23)13-5-3-4-6-14(13)24-16/h10H,3-9H2,1-2H3/b20-11-. The summed E-state index contributed by atoms with van der Waals surface area (Å²) < 4.78 is 1.34. The maximum absolute atomic E-state index is 12.9. The third kappa shape index (κ3) is 2.73. The van der Waals surface area contributed by atoms with Crippen LogP contribution in [0.2, 0.25) is 0 Å².